The zero-order chi connectivity index (χ0) is 9.26. The normalized spacial score (nSPS) is 22.0. The number of aromatic nitrogens is 2. The molecule has 2 heterocycles. The van der Waals surface area contributed by atoms with Crippen LogP contribution in [0.25, 0.3) is 0 Å². The summed E-state index contributed by atoms with van der Waals surface area (Å²) in [6.45, 7) is 0. The largest absolute Gasteiger partial charge is 0.476 e. The highest BCUT2D eigenvalue weighted by molar-refractivity contribution is 7.99. The zero-order valence-electron chi connectivity index (χ0n) is 6.99. The van der Waals surface area contributed by atoms with Gasteiger partial charge in [-0.25, -0.2) is 4.79 Å². The second-order valence-corrected chi connectivity index (χ2v) is 4.33. The smallest absolute Gasteiger partial charge is 0.356 e. The summed E-state index contributed by atoms with van der Waals surface area (Å²) in [6, 6.07) is 1.63. The van der Waals surface area contributed by atoms with Gasteiger partial charge < -0.3 is 5.11 Å². The van der Waals surface area contributed by atoms with E-state index in [2.05, 4.69) is 10.2 Å². The van der Waals surface area contributed by atoms with Crippen LogP contribution in [0.3, 0.4) is 0 Å². The highest BCUT2D eigenvalue weighted by atomic mass is 32.2. The van der Waals surface area contributed by atoms with Crippen LogP contribution in [0, 0.1) is 0 Å². The molecule has 1 aliphatic heterocycles. The quantitative estimate of drug-likeness (QED) is 0.758. The van der Waals surface area contributed by atoms with Gasteiger partial charge in [0, 0.05) is 10.9 Å². The lowest BCUT2D eigenvalue weighted by molar-refractivity contribution is 0.0690. The third kappa shape index (κ3) is 1.70. The molecule has 5 heteroatoms. The van der Waals surface area contributed by atoms with E-state index in [9.17, 15) is 4.79 Å². The highest BCUT2D eigenvalue weighted by Crippen LogP contribution is 2.38. The van der Waals surface area contributed by atoms with Gasteiger partial charge in [0.05, 0.1) is 0 Å². The average molecular weight is 198 g/mol. The van der Waals surface area contributed by atoms with Gasteiger partial charge in [0.2, 0.25) is 0 Å². The monoisotopic (exact) mass is 198 g/mol. The first-order valence-corrected chi connectivity index (χ1v) is 5.22. The standard InChI is InChI=1S/C8H10N2O2S/c11-8(12)6-4-5(9-10-6)7-2-1-3-13-7/h4,7H,1-3H2,(H,9,10)(H,11,12). The molecule has 1 atom stereocenters. The Bertz CT molecular complexity index is 318. The first-order valence-electron chi connectivity index (χ1n) is 4.17. The second-order valence-electron chi connectivity index (χ2n) is 3.02. The van der Waals surface area contributed by atoms with Crippen LogP contribution in [-0.2, 0) is 0 Å². The predicted octanol–water partition coefficient (Wildman–Crippen LogP) is 1.68. The minimum absolute atomic E-state index is 0.113. The molecule has 1 aliphatic rings. The minimum Gasteiger partial charge on any atom is -0.476 e. The van der Waals surface area contributed by atoms with Crippen LogP contribution in [0.2, 0.25) is 0 Å². The summed E-state index contributed by atoms with van der Waals surface area (Å²) in [5.41, 5.74) is 1.06. The van der Waals surface area contributed by atoms with Crippen LogP contribution in [-0.4, -0.2) is 27.0 Å². The van der Waals surface area contributed by atoms with E-state index in [0.29, 0.717) is 5.25 Å². The molecule has 70 valence electrons. The van der Waals surface area contributed by atoms with E-state index in [1.165, 1.54) is 6.42 Å². The lowest BCUT2D eigenvalue weighted by Gasteiger charge is -2.02. The Kier molecular flexibility index (Phi) is 2.26. The molecule has 0 radical (unpaired) electrons. The molecule has 0 saturated carbocycles. The molecule has 4 nitrogen and oxygen atoms in total. The number of H-pyrrole nitrogens is 1. The molecule has 1 unspecified atom stereocenters. The Labute approximate surface area is 79.7 Å². The molecule has 0 bridgehead atoms. The van der Waals surface area contributed by atoms with Crippen LogP contribution in [0.4, 0.5) is 0 Å². The maximum absolute atomic E-state index is 10.5. The third-order valence-corrected chi connectivity index (χ3v) is 3.51. The van der Waals surface area contributed by atoms with Crippen molar-refractivity contribution in [3.8, 4) is 0 Å². The number of carboxylic acid groups (broad SMARTS) is 1. The van der Waals surface area contributed by atoms with Crippen molar-refractivity contribution in [1.29, 1.82) is 0 Å². The SMILES string of the molecule is O=C(O)c1cc(C2CCCS2)[nH]n1. The number of aromatic carboxylic acids is 1. The van der Waals surface area contributed by atoms with Crippen LogP contribution in [0.1, 0.15) is 34.3 Å². The lowest BCUT2D eigenvalue weighted by Crippen LogP contribution is -1.95. The summed E-state index contributed by atoms with van der Waals surface area (Å²) in [7, 11) is 0. The van der Waals surface area contributed by atoms with Crippen LogP contribution < -0.4 is 0 Å². The molecule has 1 saturated heterocycles. The summed E-state index contributed by atoms with van der Waals surface area (Å²) in [5.74, 6) is 0.192. The Morgan fingerprint density at radius 2 is 2.62 bits per heavy atom. The second kappa shape index (κ2) is 3.41. The Balaban J connectivity index is 2.16. The summed E-state index contributed by atoms with van der Waals surface area (Å²) >= 11 is 1.86. The summed E-state index contributed by atoms with van der Waals surface area (Å²) in [4.78, 5) is 10.5. The van der Waals surface area contributed by atoms with Gasteiger partial charge in [-0.3, -0.25) is 5.10 Å². The topological polar surface area (TPSA) is 66.0 Å². The zero-order valence-corrected chi connectivity index (χ0v) is 7.80. The first-order chi connectivity index (χ1) is 6.27. The van der Waals surface area contributed by atoms with Crippen molar-refractivity contribution >= 4 is 17.7 Å². The third-order valence-electron chi connectivity index (χ3n) is 2.09. The molecule has 0 aromatic carbocycles. The number of thioether (sulfide) groups is 1. The van der Waals surface area contributed by atoms with Gasteiger partial charge in [-0.1, -0.05) is 0 Å². The van der Waals surface area contributed by atoms with E-state index >= 15 is 0 Å². The number of aromatic amines is 1. The molecule has 0 spiro atoms. The molecule has 2 N–H and O–H groups in total. The van der Waals surface area contributed by atoms with Gasteiger partial charge in [0.1, 0.15) is 0 Å². The lowest BCUT2D eigenvalue weighted by atomic mass is 10.2. The van der Waals surface area contributed by atoms with Crippen LogP contribution in [0.15, 0.2) is 6.07 Å². The predicted molar refractivity (Wildman–Crippen MR) is 50.0 cm³/mol. The number of nitrogens with one attached hydrogen (secondary N) is 1. The van der Waals surface area contributed by atoms with Gasteiger partial charge in [-0.15, -0.1) is 0 Å². The number of hydrogen-bond donors (Lipinski definition) is 2. The number of hydrogen-bond acceptors (Lipinski definition) is 3. The van der Waals surface area contributed by atoms with Gasteiger partial charge in [0.15, 0.2) is 5.69 Å². The minimum atomic E-state index is -0.967. The van der Waals surface area contributed by atoms with E-state index in [4.69, 9.17) is 5.11 Å². The summed E-state index contributed by atoms with van der Waals surface area (Å²) in [6.07, 6.45) is 2.32. The Morgan fingerprint density at radius 3 is 3.15 bits per heavy atom. The van der Waals surface area contributed by atoms with Gasteiger partial charge in [-0.05, 0) is 24.7 Å². The van der Waals surface area contributed by atoms with E-state index < -0.39 is 5.97 Å². The van der Waals surface area contributed by atoms with Crippen molar-refractivity contribution in [2.45, 2.75) is 18.1 Å². The van der Waals surface area contributed by atoms with Crippen molar-refractivity contribution in [3.63, 3.8) is 0 Å². The molecule has 13 heavy (non-hydrogen) atoms. The fourth-order valence-corrected chi connectivity index (χ4v) is 2.69. The van der Waals surface area contributed by atoms with Crippen molar-refractivity contribution in [2.24, 2.45) is 0 Å². The Morgan fingerprint density at radius 1 is 1.77 bits per heavy atom. The number of carbonyl (C=O) groups is 1. The first kappa shape index (κ1) is 8.62. The number of carboxylic acids is 1. The van der Waals surface area contributed by atoms with Gasteiger partial charge in [-0.2, -0.15) is 16.9 Å². The van der Waals surface area contributed by atoms with Crippen molar-refractivity contribution < 1.29 is 9.90 Å². The van der Waals surface area contributed by atoms with Crippen molar-refractivity contribution in [1.82, 2.24) is 10.2 Å². The van der Waals surface area contributed by atoms with Crippen LogP contribution in [0.5, 0.6) is 0 Å². The summed E-state index contributed by atoms with van der Waals surface area (Å²) < 4.78 is 0. The molecule has 1 fully saturated rings. The summed E-state index contributed by atoms with van der Waals surface area (Å²) in [5, 5.41) is 15.6. The molecule has 0 amide bonds. The van der Waals surface area contributed by atoms with Crippen molar-refractivity contribution in [3.05, 3.63) is 17.5 Å². The highest BCUT2D eigenvalue weighted by Gasteiger charge is 2.20. The number of nitrogens with zero attached hydrogens (tertiary/aromatic N) is 1. The van der Waals surface area contributed by atoms with E-state index in [0.717, 1.165) is 17.9 Å². The van der Waals surface area contributed by atoms with E-state index in [-0.39, 0.29) is 5.69 Å². The van der Waals surface area contributed by atoms with Crippen LogP contribution >= 0.6 is 11.8 Å². The molecule has 1 aromatic heterocycles. The molecule has 2 rings (SSSR count). The van der Waals surface area contributed by atoms with E-state index in [1.54, 1.807) is 6.07 Å². The maximum Gasteiger partial charge on any atom is 0.356 e. The van der Waals surface area contributed by atoms with Crippen molar-refractivity contribution in [2.75, 3.05) is 5.75 Å². The molecular formula is C8H10N2O2S. The van der Waals surface area contributed by atoms with Gasteiger partial charge in [0.25, 0.3) is 0 Å². The average Bonchev–Trinajstić information content (AvgIpc) is 2.75. The Hall–Kier alpha value is -0.970. The maximum atomic E-state index is 10.5. The van der Waals surface area contributed by atoms with E-state index in [1.807, 2.05) is 11.8 Å². The molecular weight excluding hydrogens is 188 g/mol. The van der Waals surface area contributed by atoms with Gasteiger partial charge >= 0.3 is 5.97 Å². The fraction of sp³-hybridized carbons (Fsp3) is 0.500. The fourth-order valence-electron chi connectivity index (χ4n) is 1.43. The number of rotatable bonds is 2. The molecule has 0 aliphatic carbocycles. The molecule has 1 aromatic rings.